The lowest BCUT2D eigenvalue weighted by molar-refractivity contribution is -0.246. The van der Waals surface area contributed by atoms with Crippen LogP contribution in [0.25, 0.3) is 10.9 Å². The van der Waals surface area contributed by atoms with Gasteiger partial charge in [-0.25, -0.2) is 4.39 Å². The number of hydrogen-bond acceptors (Lipinski definition) is 5. The van der Waals surface area contributed by atoms with Crippen molar-refractivity contribution in [3.05, 3.63) is 46.0 Å². The molecule has 0 amide bonds. The van der Waals surface area contributed by atoms with Gasteiger partial charge in [0.1, 0.15) is 11.9 Å². The van der Waals surface area contributed by atoms with Crippen LogP contribution in [0.4, 0.5) is 4.39 Å². The van der Waals surface area contributed by atoms with Crippen molar-refractivity contribution in [1.29, 1.82) is 0 Å². The van der Waals surface area contributed by atoms with Crippen molar-refractivity contribution < 1.29 is 19.3 Å². The van der Waals surface area contributed by atoms with Gasteiger partial charge in [0, 0.05) is 43.2 Å². The predicted molar refractivity (Wildman–Crippen MR) is 99.0 cm³/mol. The summed E-state index contributed by atoms with van der Waals surface area (Å²) in [5.74, 6) is -0.440. The fourth-order valence-electron chi connectivity index (χ4n) is 4.37. The molecular weight excluding hydrogens is 351 g/mol. The molecule has 1 aromatic carbocycles. The lowest BCUT2D eigenvalue weighted by Crippen LogP contribution is -2.64. The first-order valence-electron chi connectivity index (χ1n) is 9.38. The summed E-state index contributed by atoms with van der Waals surface area (Å²) in [7, 11) is 0. The third-order valence-corrected chi connectivity index (χ3v) is 6.05. The van der Waals surface area contributed by atoms with Gasteiger partial charge >= 0.3 is 0 Å². The average molecular weight is 376 g/mol. The average Bonchev–Trinajstić information content (AvgIpc) is 2.63. The summed E-state index contributed by atoms with van der Waals surface area (Å²) in [5.41, 5.74) is -1.17. The Morgan fingerprint density at radius 1 is 1.33 bits per heavy atom. The van der Waals surface area contributed by atoms with Crippen LogP contribution in [0.3, 0.4) is 0 Å². The van der Waals surface area contributed by atoms with E-state index < -0.39 is 23.1 Å². The van der Waals surface area contributed by atoms with Crippen molar-refractivity contribution in [2.75, 3.05) is 19.7 Å². The number of hydrogen-bond donors (Lipinski definition) is 3. The van der Waals surface area contributed by atoms with Crippen LogP contribution in [0, 0.1) is 5.82 Å². The van der Waals surface area contributed by atoms with Gasteiger partial charge in [-0.3, -0.25) is 9.69 Å². The van der Waals surface area contributed by atoms with Gasteiger partial charge in [-0.05, 0) is 31.9 Å². The van der Waals surface area contributed by atoms with Crippen LogP contribution in [0.2, 0.25) is 0 Å². The fourth-order valence-corrected chi connectivity index (χ4v) is 4.37. The molecule has 1 aromatic heterocycles. The molecule has 27 heavy (non-hydrogen) atoms. The van der Waals surface area contributed by atoms with Crippen molar-refractivity contribution in [2.24, 2.45) is 0 Å². The molecule has 1 spiro atoms. The summed E-state index contributed by atoms with van der Waals surface area (Å²) in [6.07, 6.45) is 0.687. The van der Waals surface area contributed by atoms with Crippen LogP contribution in [0.5, 0.6) is 0 Å². The van der Waals surface area contributed by atoms with E-state index in [0.29, 0.717) is 56.6 Å². The molecule has 2 aliphatic heterocycles. The lowest BCUT2D eigenvalue weighted by Gasteiger charge is -2.51. The molecule has 2 aliphatic rings. The van der Waals surface area contributed by atoms with Gasteiger partial charge in [0.2, 0.25) is 0 Å². The van der Waals surface area contributed by atoms with Crippen molar-refractivity contribution >= 4 is 10.9 Å². The van der Waals surface area contributed by atoms with Crippen LogP contribution in [-0.2, 0) is 11.3 Å². The zero-order valence-electron chi connectivity index (χ0n) is 15.4. The fraction of sp³-hybridized carbons (Fsp3) is 0.550. The number of rotatable bonds is 2. The molecule has 3 heterocycles. The quantitative estimate of drug-likeness (QED) is 0.740. The standard InChI is InChI=1S/C20H25FN2O4/c1-19(26)7-10-27-20(18(19)25)5-8-23(9-6-20)12-13-11-16(24)14-3-2-4-15(21)17(14)22-13/h2-4,11,18,25-26H,5-10,12H2,1H3,(H,22,24)/t18-,19+/m0/s1. The van der Waals surface area contributed by atoms with Gasteiger partial charge in [0.15, 0.2) is 5.43 Å². The molecule has 2 aromatic rings. The number of nitrogens with one attached hydrogen (secondary N) is 1. The summed E-state index contributed by atoms with van der Waals surface area (Å²) >= 11 is 0. The number of nitrogens with zero attached hydrogens (tertiary/aromatic N) is 1. The van der Waals surface area contributed by atoms with Gasteiger partial charge < -0.3 is 19.9 Å². The molecular formula is C20H25FN2O4. The second kappa shape index (κ2) is 6.67. The second-order valence-corrected chi connectivity index (χ2v) is 8.02. The SMILES string of the molecule is C[C@@]1(O)CCOC2(CCN(Cc3cc(=O)c4cccc(F)c4[nH]3)CC2)[C@H]1O. The van der Waals surface area contributed by atoms with E-state index in [-0.39, 0.29) is 10.9 Å². The van der Waals surface area contributed by atoms with Crippen molar-refractivity contribution in [3.8, 4) is 0 Å². The van der Waals surface area contributed by atoms with Gasteiger partial charge in [-0.15, -0.1) is 0 Å². The smallest absolute Gasteiger partial charge is 0.189 e. The third kappa shape index (κ3) is 3.29. The highest BCUT2D eigenvalue weighted by molar-refractivity contribution is 5.78. The lowest BCUT2D eigenvalue weighted by atomic mass is 9.75. The topological polar surface area (TPSA) is 85.8 Å². The van der Waals surface area contributed by atoms with Crippen LogP contribution in [-0.4, -0.2) is 57.1 Å². The molecule has 2 fully saturated rings. The highest BCUT2D eigenvalue weighted by Crippen LogP contribution is 2.39. The number of halogens is 1. The summed E-state index contributed by atoms with van der Waals surface area (Å²) in [6.45, 7) is 3.89. The highest BCUT2D eigenvalue weighted by Gasteiger charge is 2.52. The van der Waals surface area contributed by atoms with E-state index in [1.165, 1.54) is 18.2 Å². The predicted octanol–water partition coefficient (Wildman–Crippen LogP) is 1.53. The molecule has 0 unspecified atom stereocenters. The monoisotopic (exact) mass is 376 g/mol. The number of para-hydroxylation sites is 1. The van der Waals surface area contributed by atoms with Crippen LogP contribution < -0.4 is 5.43 Å². The molecule has 7 heteroatoms. The summed E-state index contributed by atoms with van der Waals surface area (Å²) in [4.78, 5) is 17.4. The number of likely N-dealkylation sites (tertiary alicyclic amines) is 1. The van der Waals surface area contributed by atoms with Crippen LogP contribution >= 0.6 is 0 Å². The molecule has 0 bridgehead atoms. The van der Waals surface area contributed by atoms with E-state index in [9.17, 15) is 19.4 Å². The number of aliphatic hydroxyl groups is 2. The molecule has 2 atom stereocenters. The Morgan fingerprint density at radius 2 is 2.07 bits per heavy atom. The molecule has 146 valence electrons. The minimum Gasteiger partial charge on any atom is -0.387 e. The maximum absolute atomic E-state index is 14.0. The third-order valence-electron chi connectivity index (χ3n) is 6.05. The molecule has 0 aliphatic carbocycles. The number of aromatic nitrogens is 1. The van der Waals surface area contributed by atoms with E-state index in [2.05, 4.69) is 9.88 Å². The Morgan fingerprint density at radius 3 is 2.81 bits per heavy atom. The normalized spacial score (nSPS) is 28.7. The number of aromatic amines is 1. The zero-order valence-corrected chi connectivity index (χ0v) is 15.4. The first-order chi connectivity index (χ1) is 12.8. The van der Waals surface area contributed by atoms with Crippen molar-refractivity contribution in [1.82, 2.24) is 9.88 Å². The molecule has 0 saturated carbocycles. The number of pyridine rings is 1. The molecule has 6 nitrogen and oxygen atoms in total. The van der Waals surface area contributed by atoms with Gasteiger partial charge in [0.05, 0.1) is 23.3 Å². The Bertz CT molecular complexity index is 902. The van der Waals surface area contributed by atoms with E-state index in [0.717, 1.165) is 0 Å². The zero-order chi connectivity index (χ0) is 19.2. The Balaban J connectivity index is 1.49. The molecule has 0 radical (unpaired) electrons. The first kappa shape index (κ1) is 18.6. The van der Waals surface area contributed by atoms with Crippen LogP contribution in [0.1, 0.15) is 31.9 Å². The summed E-state index contributed by atoms with van der Waals surface area (Å²) in [6, 6.07) is 5.99. The van der Waals surface area contributed by atoms with Gasteiger partial charge in [0.25, 0.3) is 0 Å². The minimum atomic E-state index is -1.14. The largest absolute Gasteiger partial charge is 0.387 e. The maximum atomic E-state index is 14.0. The number of fused-ring (bicyclic) bond motifs is 1. The minimum absolute atomic E-state index is 0.200. The highest BCUT2D eigenvalue weighted by atomic mass is 19.1. The number of piperidine rings is 1. The van der Waals surface area contributed by atoms with Crippen molar-refractivity contribution in [3.63, 3.8) is 0 Å². The number of benzene rings is 1. The molecule has 3 N–H and O–H groups in total. The Hall–Kier alpha value is -1.80. The number of H-pyrrole nitrogens is 1. The number of aliphatic hydroxyl groups excluding tert-OH is 1. The summed E-state index contributed by atoms with van der Waals surface area (Å²) in [5, 5.41) is 21.3. The van der Waals surface area contributed by atoms with Crippen LogP contribution in [0.15, 0.2) is 29.1 Å². The first-order valence-corrected chi connectivity index (χ1v) is 9.38. The molecule has 4 rings (SSSR count). The Kier molecular flexibility index (Phi) is 4.58. The number of ether oxygens (including phenoxy) is 1. The maximum Gasteiger partial charge on any atom is 0.189 e. The van der Waals surface area contributed by atoms with E-state index in [4.69, 9.17) is 4.74 Å². The van der Waals surface area contributed by atoms with E-state index in [1.54, 1.807) is 13.0 Å². The Labute approximate surface area is 156 Å². The van der Waals surface area contributed by atoms with E-state index in [1.807, 2.05) is 0 Å². The molecule has 2 saturated heterocycles. The van der Waals surface area contributed by atoms with Crippen molar-refractivity contribution in [2.45, 2.75) is 50.0 Å². The van der Waals surface area contributed by atoms with E-state index >= 15 is 0 Å². The van der Waals surface area contributed by atoms with Gasteiger partial charge in [-0.1, -0.05) is 6.07 Å². The second-order valence-electron chi connectivity index (χ2n) is 8.02. The summed E-state index contributed by atoms with van der Waals surface area (Å²) < 4.78 is 19.9. The van der Waals surface area contributed by atoms with Gasteiger partial charge in [-0.2, -0.15) is 0 Å².